The van der Waals surface area contributed by atoms with Gasteiger partial charge in [0, 0.05) is 19.5 Å². The Morgan fingerprint density at radius 2 is 1.97 bits per heavy atom. The molecule has 0 radical (unpaired) electrons. The fourth-order valence-electron chi connectivity index (χ4n) is 4.71. The van der Waals surface area contributed by atoms with E-state index in [4.69, 9.17) is 0 Å². The van der Waals surface area contributed by atoms with E-state index in [1.807, 2.05) is 6.07 Å². The first kappa shape index (κ1) is 20.7. The van der Waals surface area contributed by atoms with E-state index in [9.17, 15) is 19.2 Å². The molecule has 3 aliphatic rings. The van der Waals surface area contributed by atoms with Crippen LogP contribution >= 0.6 is 0 Å². The molecule has 3 aliphatic heterocycles. The lowest BCUT2D eigenvalue weighted by Gasteiger charge is -2.30. The van der Waals surface area contributed by atoms with Crippen LogP contribution in [0.2, 0.25) is 0 Å². The first-order valence-electron chi connectivity index (χ1n) is 10.8. The molecule has 1 aromatic carbocycles. The van der Waals surface area contributed by atoms with Gasteiger partial charge in [0.05, 0.1) is 11.1 Å². The first-order chi connectivity index (χ1) is 14.5. The molecule has 1 aromatic rings. The summed E-state index contributed by atoms with van der Waals surface area (Å²) in [6.07, 6.45) is 2.66. The van der Waals surface area contributed by atoms with Crippen molar-refractivity contribution in [2.45, 2.75) is 45.2 Å². The fourth-order valence-corrected chi connectivity index (χ4v) is 4.71. The van der Waals surface area contributed by atoms with Gasteiger partial charge in [-0.3, -0.25) is 34.3 Å². The maximum atomic E-state index is 13.2. The molecule has 30 heavy (non-hydrogen) atoms. The zero-order valence-corrected chi connectivity index (χ0v) is 17.3. The molecule has 0 aliphatic carbocycles. The second kappa shape index (κ2) is 8.65. The van der Waals surface area contributed by atoms with Gasteiger partial charge in [-0.25, -0.2) is 0 Å². The van der Waals surface area contributed by atoms with E-state index < -0.39 is 23.8 Å². The average molecular weight is 412 g/mol. The largest absolute Gasteiger partial charge is 0.316 e. The number of carbonyl (C=O) groups is 4. The predicted octanol–water partition coefficient (Wildman–Crippen LogP) is 0.909. The van der Waals surface area contributed by atoms with Gasteiger partial charge in [-0.05, 0) is 56.4 Å². The summed E-state index contributed by atoms with van der Waals surface area (Å²) in [4.78, 5) is 53.3. The third kappa shape index (κ3) is 3.89. The van der Waals surface area contributed by atoms with Crippen molar-refractivity contribution in [1.29, 1.82) is 0 Å². The lowest BCUT2D eigenvalue weighted by molar-refractivity contribution is -0.136. The van der Waals surface area contributed by atoms with Crippen molar-refractivity contribution in [1.82, 2.24) is 20.4 Å². The van der Waals surface area contributed by atoms with Gasteiger partial charge in [0.2, 0.25) is 11.8 Å². The van der Waals surface area contributed by atoms with E-state index in [-0.39, 0.29) is 18.7 Å². The van der Waals surface area contributed by atoms with Crippen LogP contribution < -0.4 is 10.6 Å². The van der Waals surface area contributed by atoms with E-state index in [0.29, 0.717) is 23.6 Å². The van der Waals surface area contributed by atoms with Crippen LogP contribution in [0.5, 0.6) is 0 Å². The van der Waals surface area contributed by atoms with Crippen molar-refractivity contribution in [2.75, 3.05) is 26.2 Å². The normalized spacial score (nSPS) is 24.4. The third-order valence-corrected chi connectivity index (χ3v) is 6.31. The minimum atomic E-state index is -0.932. The lowest BCUT2D eigenvalue weighted by Crippen LogP contribution is -2.54. The van der Waals surface area contributed by atoms with E-state index in [1.54, 1.807) is 12.1 Å². The van der Waals surface area contributed by atoms with Crippen molar-refractivity contribution >= 4 is 23.6 Å². The van der Waals surface area contributed by atoms with Gasteiger partial charge in [0.15, 0.2) is 0 Å². The summed E-state index contributed by atoms with van der Waals surface area (Å²) in [7, 11) is 0. The molecule has 2 atom stereocenters. The molecule has 0 bridgehead atoms. The average Bonchev–Trinajstić information content (AvgIpc) is 3.00. The molecule has 8 heteroatoms. The maximum absolute atomic E-state index is 13.2. The quantitative estimate of drug-likeness (QED) is 0.674. The van der Waals surface area contributed by atoms with Gasteiger partial charge < -0.3 is 5.32 Å². The number of fused-ring (bicyclic) bond motifs is 1. The molecule has 2 saturated heterocycles. The number of carbonyl (C=O) groups excluding carboxylic acids is 4. The maximum Gasteiger partial charge on any atom is 0.262 e. The monoisotopic (exact) mass is 412 g/mol. The number of piperidine rings is 2. The lowest BCUT2D eigenvalue weighted by atomic mass is 9.98. The highest BCUT2D eigenvalue weighted by molar-refractivity contribution is 6.24. The topological polar surface area (TPSA) is 98.8 Å². The predicted molar refractivity (Wildman–Crippen MR) is 110 cm³/mol. The molecule has 4 rings (SSSR count). The van der Waals surface area contributed by atoms with Crippen LogP contribution in [0.25, 0.3) is 0 Å². The Labute approximate surface area is 176 Å². The molecule has 8 nitrogen and oxygen atoms in total. The zero-order chi connectivity index (χ0) is 21.3. The minimum absolute atomic E-state index is 0.121. The number of amides is 4. The Balaban J connectivity index is 1.55. The van der Waals surface area contributed by atoms with Gasteiger partial charge in [0.1, 0.15) is 6.04 Å². The number of benzene rings is 1. The number of nitrogens with zero attached hydrogens (tertiary/aromatic N) is 2. The molecule has 0 spiro atoms. The van der Waals surface area contributed by atoms with Crippen LogP contribution in [0.15, 0.2) is 18.2 Å². The van der Waals surface area contributed by atoms with Crippen molar-refractivity contribution in [3.8, 4) is 0 Å². The standard InChI is InChI=1S/C22H28N4O4/c1-2-25(12-14-5-4-10-23-11-14)13-15-6-3-7-16-19(15)22(30)26(21(16)29)17-8-9-18(27)24-20(17)28/h3,6-7,14,17,23H,2,4-5,8-13H2,1H3,(H,24,27,28). The van der Waals surface area contributed by atoms with Gasteiger partial charge in [-0.15, -0.1) is 0 Å². The summed E-state index contributed by atoms with van der Waals surface area (Å²) in [5.74, 6) is -1.26. The number of hydrogen-bond donors (Lipinski definition) is 2. The van der Waals surface area contributed by atoms with Crippen LogP contribution in [0.4, 0.5) is 0 Å². The van der Waals surface area contributed by atoms with Crippen molar-refractivity contribution in [2.24, 2.45) is 5.92 Å². The number of hydrogen-bond acceptors (Lipinski definition) is 6. The van der Waals surface area contributed by atoms with Crippen molar-refractivity contribution in [3.63, 3.8) is 0 Å². The van der Waals surface area contributed by atoms with Crippen molar-refractivity contribution < 1.29 is 19.2 Å². The Hall–Kier alpha value is -2.58. The van der Waals surface area contributed by atoms with Gasteiger partial charge >= 0.3 is 0 Å². The van der Waals surface area contributed by atoms with Gasteiger partial charge in [0.25, 0.3) is 11.8 Å². The Kier molecular flexibility index (Phi) is 5.97. The summed E-state index contributed by atoms with van der Waals surface area (Å²) in [5, 5.41) is 5.68. The van der Waals surface area contributed by atoms with E-state index in [0.717, 1.165) is 36.6 Å². The molecular weight excluding hydrogens is 384 g/mol. The molecule has 160 valence electrons. The van der Waals surface area contributed by atoms with Crippen LogP contribution in [-0.4, -0.2) is 65.6 Å². The third-order valence-electron chi connectivity index (χ3n) is 6.31. The molecule has 2 fully saturated rings. The van der Waals surface area contributed by atoms with Gasteiger partial charge in [-0.2, -0.15) is 0 Å². The summed E-state index contributed by atoms with van der Waals surface area (Å²) in [5.41, 5.74) is 1.55. The SMILES string of the molecule is CCN(Cc1cccc2c1C(=O)N(C1CCC(=O)NC1=O)C2=O)CC1CCCNC1. The molecular formula is C22H28N4O4. The highest BCUT2D eigenvalue weighted by Crippen LogP contribution is 2.30. The Morgan fingerprint density at radius 1 is 1.13 bits per heavy atom. The minimum Gasteiger partial charge on any atom is -0.316 e. The molecule has 0 saturated carbocycles. The second-order valence-corrected chi connectivity index (χ2v) is 8.33. The second-order valence-electron chi connectivity index (χ2n) is 8.33. The summed E-state index contributed by atoms with van der Waals surface area (Å²) in [6, 6.07) is 4.40. The van der Waals surface area contributed by atoms with Gasteiger partial charge in [-0.1, -0.05) is 19.1 Å². The molecule has 4 amide bonds. The summed E-state index contributed by atoms with van der Waals surface area (Å²) in [6.45, 7) is 6.54. The summed E-state index contributed by atoms with van der Waals surface area (Å²) >= 11 is 0. The Bertz CT molecular complexity index is 878. The van der Waals surface area contributed by atoms with Crippen LogP contribution in [0, 0.1) is 5.92 Å². The zero-order valence-electron chi connectivity index (χ0n) is 17.3. The van der Waals surface area contributed by atoms with E-state index in [2.05, 4.69) is 22.5 Å². The molecule has 0 aromatic heterocycles. The fraction of sp³-hybridized carbons (Fsp3) is 0.545. The Morgan fingerprint density at radius 3 is 2.67 bits per heavy atom. The number of rotatable bonds is 6. The smallest absolute Gasteiger partial charge is 0.262 e. The molecule has 2 unspecified atom stereocenters. The first-order valence-corrected chi connectivity index (χ1v) is 10.8. The van der Waals surface area contributed by atoms with Crippen LogP contribution in [0.1, 0.15) is 58.9 Å². The van der Waals surface area contributed by atoms with Crippen LogP contribution in [-0.2, 0) is 16.1 Å². The van der Waals surface area contributed by atoms with Crippen LogP contribution in [0.3, 0.4) is 0 Å². The molecule has 3 heterocycles. The molecule has 2 N–H and O–H groups in total. The number of nitrogens with one attached hydrogen (secondary N) is 2. The summed E-state index contributed by atoms with van der Waals surface area (Å²) < 4.78 is 0. The number of imide groups is 2. The van der Waals surface area contributed by atoms with E-state index >= 15 is 0 Å². The van der Waals surface area contributed by atoms with E-state index in [1.165, 1.54) is 12.8 Å². The highest BCUT2D eigenvalue weighted by atomic mass is 16.2. The highest BCUT2D eigenvalue weighted by Gasteiger charge is 2.45. The van der Waals surface area contributed by atoms with Crippen molar-refractivity contribution in [3.05, 3.63) is 34.9 Å².